The summed E-state index contributed by atoms with van der Waals surface area (Å²) in [6.45, 7) is 8.80. The van der Waals surface area contributed by atoms with Gasteiger partial charge in [0.25, 0.3) is 5.91 Å². The summed E-state index contributed by atoms with van der Waals surface area (Å²) in [6, 6.07) is 17.7. The van der Waals surface area contributed by atoms with Gasteiger partial charge in [0, 0.05) is 17.3 Å². The van der Waals surface area contributed by atoms with Crippen LogP contribution in [-0.2, 0) is 4.79 Å². The molecule has 0 radical (unpaired) electrons. The average molecular weight is 460 g/mol. The van der Waals surface area contributed by atoms with Gasteiger partial charge in [-0.25, -0.2) is 4.79 Å². The predicted octanol–water partition coefficient (Wildman–Crippen LogP) is 5.97. The Bertz CT molecular complexity index is 1180. The van der Waals surface area contributed by atoms with Crippen molar-refractivity contribution in [1.82, 2.24) is 0 Å². The molecule has 3 aromatic carbocycles. The Morgan fingerprint density at radius 2 is 1.56 bits per heavy atom. The van der Waals surface area contributed by atoms with Crippen molar-refractivity contribution in [1.29, 1.82) is 0 Å². The molecular weight excluding hydrogens is 430 g/mol. The first-order chi connectivity index (χ1) is 16.4. The second-order valence-electron chi connectivity index (χ2n) is 7.62. The van der Waals surface area contributed by atoms with Crippen LogP contribution in [0.4, 0.5) is 5.69 Å². The lowest BCUT2D eigenvalue weighted by Gasteiger charge is -2.11. The summed E-state index contributed by atoms with van der Waals surface area (Å²) in [7, 11) is 0. The van der Waals surface area contributed by atoms with Gasteiger partial charge in [-0.2, -0.15) is 0 Å². The number of rotatable bonds is 9. The molecule has 1 N–H and O–H groups in total. The van der Waals surface area contributed by atoms with Crippen LogP contribution in [0.25, 0.3) is 6.08 Å². The Balaban J connectivity index is 1.60. The smallest absolute Gasteiger partial charge is 0.336 e. The maximum Gasteiger partial charge on any atom is 0.336 e. The lowest BCUT2D eigenvalue weighted by molar-refractivity contribution is -0.128. The van der Waals surface area contributed by atoms with Crippen LogP contribution < -0.4 is 19.5 Å². The van der Waals surface area contributed by atoms with Crippen LogP contribution in [0, 0.1) is 13.8 Å². The summed E-state index contributed by atoms with van der Waals surface area (Å²) >= 11 is 0. The van der Waals surface area contributed by atoms with E-state index in [2.05, 4.69) is 5.32 Å². The number of carbonyl (C=O) groups excluding carboxylic acids is 2. The highest BCUT2D eigenvalue weighted by Gasteiger charge is 2.09. The van der Waals surface area contributed by atoms with E-state index in [-0.39, 0.29) is 5.91 Å². The van der Waals surface area contributed by atoms with E-state index >= 15 is 0 Å². The maximum absolute atomic E-state index is 12.5. The normalized spacial score (nSPS) is 10.7. The van der Waals surface area contributed by atoms with Crippen molar-refractivity contribution < 1.29 is 23.8 Å². The van der Waals surface area contributed by atoms with Gasteiger partial charge in [0.1, 0.15) is 5.75 Å². The van der Waals surface area contributed by atoms with Crippen molar-refractivity contribution in [2.45, 2.75) is 27.7 Å². The highest BCUT2D eigenvalue weighted by Crippen LogP contribution is 2.29. The van der Waals surface area contributed by atoms with Crippen LogP contribution in [0.1, 0.15) is 40.9 Å². The summed E-state index contributed by atoms with van der Waals surface area (Å²) in [5.41, 5.74) is 4.13. The zero-order chi connectivity index (χ0) is 24.5. The van der Waals surface area contributed by atoms with E-state index in [1.54, 1.807) is 42.5 Å². The molecule has 3 rings (SSSR count). The van der Waals surface area contributed by atoms with Crippen LogP contribution in [0.2, 0.25) is 0 Å². The van der Waals surface area contributed by atoms with E-state index in [9.17, 15) is 9.59 Å². The second-order valence-corrected chi connectivity index (χ2v) is 7.62. The highest BCUT2D eigenvalue weighted by molar-refractivity contribution is 6.04. The Labute approximate surface area is 200 Å². The molecule has 0 bridgehead atoms. The lowest BCUT2D eigenvalue weighted by Crippen LogP contribution is -2.13. The molecule has 0 atom stereocenters. The number of anilines is 1. The monoisotopic (exact) mass is 459 g/mol. The van der Waals surface area contributed by atoms with Crippen LogP contribution in [0.3, 0.4) is 0 Å². The Morgan fingerprint density at radius 3 is 2.24 bits per heavy atom. The number of amides is 1. The summed E-state index contributed by atoms with van der Waals surface area (Å²) in [5, 5.41) is 2.90. The first-order valence-corrected chi connectivity index (χ1v) is 11.2. The minimum Gasteiger partial charge on any atom is -0.490 e. The molecule has 0 saturated heterocycles. The molecule has 3 aromatic rings. The molecule has 0 aliphatic rings. The lowest BCUT2D eigenvalue weighted by atomic mass is 10.1. The molecular formula is C28H29NO5. The van der Waals surface area contributed by atoms with Gasteiger partial charge in [-0.05, 0) is 87.4 Å². The van der Waals surface area contributed by atoms with Crippen LogP contribution in [0.5, 0.6) is 17.2 Å². The molecule has 0 aliphatic carbocycles. The van der Waals surface area contributed by atoms with Crippen molar-refractivity contribution in [3.8, 4) is 17.2 Å². The fourth-order valence-corrected chi connectivity index (χ4v) is 3.31. The van der Waals surface area contributed by atoms with E-state index < -0.39 is 5.97 Å². The van der Waals surface area contributed by atoms with Crippen LogP contribution in [0.15, 0.2) is 66.7 Å². The van der Waals surface area contributed by atoms with Gasteiger partial charge in [-0.3, -0.25) is 4.79 Å². The molecule has 6 heteroatoms. The molecule has 0 saturated carbocycles. The van der Waals surface area contributed by atoms with Crippen molar-refractivity contribution in [2.24, 2.45) is 0 Å². The minimum atomic E-state index is -0.528. The summed E-state index contributed by atoms with van der Waals surface area (Å²) in [6.07, 6.45) is 2.98. The van der Waals surface area contributed by atoms with Crippen molar-refractivity contribution in [3.05, 3.63) is 89.0 Å². The number of carbonyl (C=O) groups is 2. The summed E-state index contributed by atoms with van der Waals surface area (Å²) in [4.78, 5) is 24.8. The third-order valence-electron chi connectivity index (χ3n) is 4.94. The molecule has 176 valence electrons. The molecule has 0 aromatic heterocycles. The van der Waals surface area contributed by atoms with E-state index in [0.29, 0.717) is 36.0 Å². The quantitative estimate of drug-likeness (QED) is 0.242. The number of nitrogens with one attached hydrogen (secondary N) is 1. The largest absolute Gasteiger partial charge is 0.490 e. The van der Waals surface area contributed by atoms with Gasteiger partial charge in [0.2, 0.25) is 0 Å². The van der Waals surface area contributed by atoms with Crippen molar-refractivity contribution in [3.63, 3.8) is 0 Å². The minimum absolute atomic E-state index is 0.231. The predicted molar refractivity (Wildman–Crippen MR) is 134 cm³/mol. The van der Waals surface area contributed by atoms with Crippen LogP contribution in [-0.4, -0.2) is 25.1 Å². The van der Waals surface area contributed by atoms with E-state index in [1.165, 1.54) is 6.08 Å². The van der Waals surface area contributed by atoms with Gasteiger partial charge in [0.05, 0.1) is 13.2 Å². The molecule has 0 heterocycles. The summed E-state index contributed by atoms with van der Waals surface area (Å²) in [5.74, 6) is 0.865. The van der Waals surface area contributed by atoms with E-state index in [1.807, 2.05) is 52.0 Å². The zero-order valence-electron chi connectivity index (χ0n) is 19.9. The molecule has 0 fully saturated rings. The number of aryl methyl sites for hydroxylation is 2. The number of hydrogen-bond donors (Lipinski definition) is 1. The van der Waals surface area contributed by atoms with Gasteiger partial charge in [0.15, 0.2) is 11.5 Å². The van der Waals surface area contributed by atoms with Gasteiger partial charge < -0.3 is 19.5 Å². The maximum atomic E-state index is 12.5. The van der Waals surface area contributed by atoms with Crippen molar-refractivity contribution >= 4 is 23.6 Å². The number of esters is 1. The second kappa shape index (κ2) is 11.7. The van der Waals surface area contributed by atoms with Gasteiger partial charge >= 0.3 is 5.97 Å². The Hall–Kier alpha value is -4.06. The standard InChI is InChI=1S/C28H29NO5/c1-5-32-25-15-8-21(18-26(25)33-6-2)9-16-27(30)34-23-12-10-22(11-13-23)28(31)29-24-14-7-19(3)17-20(24)4/h7-18H,5-6H2,1-4H3,(H,29,31)/b16-9+. The highest BCUT2D eigenvalue weighted by atomic mass is 16.5. The van der Waals surface area contributed by atoms with E-state index in [0.717, 1.165) is 22.4 Å². The van der Waals surface area contributed by atoms with E-state index in [4.69, 9.17) is 14.2 Å². The average Bonchev–Trinajstić information content (AvgIpc) is 2.81. The topological polar surface area (TPSA) is 73.9 Å². The van der Waals surface area contributed by atoms with Crippen LogP contribution >= 0.6 is 0 Å². The number of hydrogen-bond acceptors (Lipinski definition) is 5. The third kappa shape index (κ3) is 6.72. The molecule has 6 nitrogen and oxygen atoms in total. The third-order valence-corrected chi connectivity index (χ3v) is 4.94. The number of ether oxygens (including phenoxy) is 3. The Morgan fingerprint density at radius 1 is 0.853 bits per heavy atom. The summed E-state index contributed by atoms with van der Waals surface area (Å²) < 4.78 is 16.5. The molecule has 0 aliphatic heterocycles. The SMILES string of the molecule is CCOc1ccc(/C=C/C(=O)Oc2ccc(C(=O)Nc3ccc(C)cc3C)cc2)cc1OCC. The molecule has 0 spiro atoms. The van der Waals surface area contributed by atoms with Gasteiger partial charge in [-0.1, -0.05) is 23.8 Å². The van der Waals surface area contributed by atoms with Crippen molar-refractivity contribution in [2.75, 3.05) is 18.5 Å². The molecule has 1 amide bonds. The molecule has 0 unspecified atom stereocenters. The Kier molecular flexibility index (Phi) is 8.46. The first kappa shape index (κ1) is 24.6. The molecule has 34 heavy (non-hydrogen) atoms. The fourth-order valence-electron chi connectivity index (χ4n) is 3.31. The zero-order valence-corrected chi connectivity index (χ0v) is 19.9. The fraction of sp³-hybridized carbons (Fsp3) is 0.214. The van der Waals surface area contributed by atoms with Gasteiger partial charge in [-0.15, -0.1) is 0 Å². The first-order valence-electron chi connectivity index (χ1n) is 11.2. The number of benzene rings is 3.